The number of aromatic nitrogens is 2. The summed E-state index contributed by atoms with van der Waals surface area (Å²) in [6.07, 6.45) is 6.45. The number of hydrogen-bond acceptors (Lipinski definition) is 6. The standard InChI is InChI=1S/C20H16N4O3/c1-2-27-18(25)8-7-16-14-6-5-12(11-17(14)24-23-16)10-15-13-4-3-9-21-19(13)22-20(15)26/h3-11,26H,2H2,1H3,(H,21,22)/b8-7+,12-10+. The minimum atomic E-state index is -0.415. The molecule has 2 N–H and O–H groups in total. The topological polar surface area (TPSA) is 99.9 Å². The van der Waals surface area contributed by atoms with Gasteiger partial charge in [-0.15, -0.1) is 10.2 Å². The van der Waals surface area contributed by atoms with Crippen LogP contribution in [-0.4, -0.2) is 27.7 Å². The molecule has 7 nitrogen and oxygen atoms in total. The lowest BCUT2D eigenvalue weighted by atomic mass is 10.1. The van der Waals surface area contributed by atoms with Crippen molar-refractivity contribution in [3.05, 3.63) is 64.7 Å². The summed E-state index contributed by atoms with van der Waals surface area (Å²) in [4.78, 5) is 18.5. The number of benzene rings is 1. The molecule has 0 atom stereocenters. The maximum Gasteiger partial charge on any atom is 0.330 e. The normalized spacial score (nSPS) is 13.7. The van der Waals surface area contributed by atoms with Gasteiger partial charge >= 0.3 is 5.97 Å². The van der Waals surface area contributed by atoms with Crippen LogP contribution in [0.25, 0.3) is 22.8 Å². The molecule has 0 amide bonds. The van der Waals surface area contributed by atoms with Crippen LogP contribution in [0.2, 0.25) is 0 Å². The highest BCUT2D eigenvalue weighted by molar-refractivity contribution is 5.89. The van der Waals surface area contributed by atoms with Gasteiger partial charge in [0.2, 0.25) is 0 Å². The predicted octanol–water partition coefficient (Wildman–Crippen LogP) is 2.42. The van der Waals surface area contributed by atoms with E-state index in [-0.39, 0.29) is 5.88 Å². The molecule has 7 heteroatoms. The van der Waals surface area contributed by atoms with E-state index in [9.17, 15) is 9.90 Å². The lowest BCUT2D eigenvalue weighted by Gasteiger charge is -1.95. The third-order valence-corrected chi connectivity index (χ3v) is 4.13. The minimum Gasteiger partial charge on any atom is -0.494 e. The molecule has 1 aliphatic heterocycles. The summed E-state index contributed by atoms with van der Waals surface area (Å²) >= 11 is 0. The number of hydrogen-bond donors (Lipinski definition) is 2. The average molecular weight is 360 g/mol. The van der Waals surface area contributed by atoms with Crippen molar-refractivity contribution < 1.29 is 14.6 Å². The number of rotatable bonds is 4. The maximum atomic E-state index is 11.5. The lowest BCUT2D eigenvalue weighted by molar-refractivity contribution is -0.137. The van der Waals surface area contributed by atoms with Crippen molar-refractivity contribution in [3.8, 4) is 5.88 Å². The zero-order chi connectivity index (χ0) is 18.8. The summed E-state index contributed by atoms with van der Waals surface area (Å²) in [5, 5.41) is 21.0. The molecule has 2 aromatic heterocycles. The van der Waals surface area contributed by atoms with Gasteiger partial charge in [0.05, 0.1) is 18.0 Å². The van der Waals surface area contributed by atoms with Gasteiger partial charge in [-0.25, -0.2) is 9.78 Å². The van der Waals surface area contributed by atoms with E-state index in [0.717, 1.165) is 15.8 Å². The van der Waals surface area contributed by atoms with Crippen LogP contribution < -0.4 is 10.4 Å². The van der Waals surface area contributed by atoms with Gasteiger partial charge in [-0.1, -0.05) is 6.07 Å². The van der Waals surface area contributed by atoms with Crippen LogP contribution in [0.15, 0.2) is 58.9 Å². The second-order valence-electron chi connectivity index (χ2n) is 5.88. The molecule has 0 unspecified atom stereocenters. The smallest absolute Gasteiger partial charge is 0.330 e. The highest BCUT2D eigenvalue weighted by Crippen LogP contribution is 2.26. The minimum absolute atomic E-state index is 0.0652. The van der Waals surface area contributed by atoms with E-state index >= 15 is 0 Å². The van der Waals surface area contributed by atoms with Crippen molar-refractivity contribution in [1.82, 2.24) is 9.97 Å². The van der Waals surface area contributed by atoms with E-state index in [0.29, 0.717) is 29.2 Å². The predicted molar refractivity (Wildman–Crippen MR) is 101 cm³/mol. The third kappa shape index (κ3) is 3.22. The summed E-state index contributed by atoms with van der Waals surface area (Å²) in [5.74, 6) is -0.350. The molecule has 3 aromatic rings. The summed E-state index contributed by atoms with van der Waals surface area (Å²) in [7, 11) is 0. The molecule has 0 fully saturated rings. The molecule has 0 saturated carbocycles. The monoisotopic (exact) mass is 360 g/mol. The van der Waals surface area contributed by atoms with E-state index in [1.165, 1.54) is 6.08 Å². The number of fused-ring (bicyclic) bond motifs is 2. The molecule has 0 spiro atoms. The Labute approximate surface area is 154 Å². The number of azo groups is 1. The lowest BCUT2D eigenvalue weighted by Crippen LogP contribution is -2.08. The van der Waals surface area contributed by atoms with Crippen LogP contribution in [0.3, 0.4) is 0 Å². The first-order valence-electron chi connectivity index (χ1n) is 8.44. The molecule has 4 rings (SSSR count). The van der Waals surface area contributed by atoms with Crippen LogP contribution in [-0.2, 0) is 9.53 Å². The maximum absolute atomic E-state index is 11.5. The van der Waals surface area contributed by atoms with E-state index in [4.69, 9.17) is 4.74 Å². The van der Waals surface area contributed by atoms with Gasteiger partial charge in [0, 0.05) is 28.4 Å². The Bertz CT molecular complexity index is 1220. The number of ether oxygens (including phenoxy) is 1. The highest BCUT2D eigenvalue weighted by atomic mass is 16.5. The second-order valence-corrected chi connectivity index (χ2v) is 5.88. The quantitative estimate of drug-likeness (QED) is 0.551. The summed E-state index contributed by atoms with van der Waals surface area (Å²) in [5.41, 5.74) is 2.59. The number of esters is 1. The molecule has 27 heavy (non-hydrogen) atoms. The highest BCUT2D eigenvalue weighted by Gasteiger charge is 2.10. The Morgan fingerprint density at radius 3 is 3.04 bits per heavy atom. The molecule has 1 aliphatic rings. The zero-order valence-electron chi connectivity index (χ0n) is 14.5. The fourth-order valence-corrected chi connectivity index (χ4v) is 2.90. The van der Waals surface area contributed by atoms with E-state index in [2.05, 4.69) is 20.2 Å². The number of H-pyrrole nitrogens is 1. The number of nitrogens with zero attached hydrogens (tertiary/aromatic N) is 3. The van der Waals surface area contributed by atoms with Gasteiger partial charge in [0.15, 0.2) is 5.88 Å². The molecule has 134 valence electrons. The Morgan fingerprint density at radius 2 is 2.19 bits per heavy atom. The fourth-order valence-electron chi connectivity index (χ4n) is 2.90. The van der Waals surface area contributed by atoms with Crippen LogP contribution in [0, 0.1) is 0 Å². The van der Waals surface area contributed by atoms with E-state index in [1.807, 2.05) is 36.4 Å². The van der Waals surface area contributed by atoms with Crippen LogP contribution in [0.4, 0.5) is 5.69 Å². The van der Waals surface area contributed by atoms with Gasteiger partial charge in [-0.05, 0) is 48.6 Å². The van der Waals surface area contributed by atoms with Crippen molar-refractivity contribution in [2.24, 2.45) is 10.2 Å². The van der Waals surface area contributed by atoms with Gasteiger partial charge < -0.3 is 14.8 Å². The fraction of sp³-hybridized carbons (Fsp3) is 0.100. The largest absolute Gasteiger partial charge is 0.494 e. The summed E-state index contributed by atoms with van der Waals surface area (Å²) in [6.45, 7) is 2.08. The van der Waals surface area contributed by atoms with Gasteiger partial charge in [-0.3, -0.25) is 0 Å². The van der Waals surface area contributed by atoms with Crippen molar-refractivity contribution in [2.45, 2.75) is 6.92 Å². The number of nitrogens with one attached hydrogen (secondary N) is 1. The van der Waals surface area contributed by atoms with Gasteiger partial charge in [0.1, 0.15) is 5.65 Å². The van der Waals surface area contributed by atoms with Crippen LogP contribution in [0.1, 0.15) is 12.5 Å². The third-order valence-electron chi connectivity index (χ3n) is 4.13. The summed E-state index contributed by atoms with van der Waals surface area (Å²) < 4.78 is 4.87. The Balaban J connectivity index is 1.74. The molecular formula is C20H16N4O3. The Hall–Kier alpha value is -3.74. The molecule has 1 aromatic carbocycles. The SMILES string of the molecule is CCOC(=O)/C=C/C1=c2cc/c(=C\c3c(O)[nH]c4ncccc34)cc2N=N1. The first-order valence-corrected chi connectivity index (χ1v) is 8.44. The first kappa shape index (κ1) is 16.7. The van der Waals surface area contributed by atoms with Crippen molar-refractivity contribution in [3.63, 3.8) is 0 Å². The molecule has 0 radical (unpaired) electrons. The summed E-state index contributed by atoms with van der Waals surface area (Å²) in [6, 6.07) is 9.38. The van der Waals surface area contributed by atoms with E-state index in [1.54, 1.807) is 19.2 Å². The molecule has 0 saturated heterocycles. The number of carbonyl (C=O) groups is 1. The van der Waals surface area contributed by atoms with Crippen LogP contribution >= 0.6 is 0 Å². The molecule has 3 heterocycles. The number of aromatic amines is 1. The molecular weight excluding hydrogens is 344 g/mol. The number of pyridine rings is 1. The number of aromatic hydroxyl groups is 1. The zero-order valence-corrected chi connectivity index (χ0v) is 14.5. The van der Waals surface area contributed by atoms with Crippen molar-refractivity contribution >= 4 is 34.5 Å². The Morgan fingerprint density at radius 1 is 1.30 bits per heavy atom. The first-order chi connectivity index (χ1) is 13.2. The van der Waals surface area contributed by atoms with Gasteiger partial charge in [0.25, 0.3) is 0 Å². The average Bonchev–Trinajstić information content (AvgIpc) is 3.21. The van der Waals surface area contributed by atoms with Crippen molar-refractivity contribution in [2.75, 3.05) is 6.61 Å². The molecule has 0 aliphatic carbocycles. The van der Waals surface area contributed by atoms with E-state index < -0.39 is 5.97 Å². The second kappa shape index (κ2) is 6.87. The van der Waals surface area contributed by atoms with Crippen LogP contribution in [0.5, 0.6) is 5.88 Å². The van der Waals surface area contributed by atoms with Crippen molar-refractivity contribution in [1.29, 1.82) is 0 Å². The Kier molecular flexibility index (Phi) is 4.25. The molecule has 0 bridgehead atoms. The van der Waals surface area contributed by atoms with Gasteiger partial charge in [-0.2, -0.15) is 0 Å². The number of carbonyl (C=O) groups excluding carboxylic acids is 1.